The maximum absolute atomic E-state index is 5.83. The van der Waals surface area contributed by atoms with Crippen molar-refractivity contribution in [3.8, 4) is 0 Å². The van der Waals surface area contributed by atoms with Gasteiger partial charge in [0.15, 0.2) is 5.82 Å². The van der Waals surface area contributed by atoms with Crippen molar-refractivity contribution < 1.29 is 0 Å². The maximum Gasteiger partial charge on any atom is 0.173 e. The van der Waals surface area contributed by atoms with Crippen molar-refractivity contribution >= 4 is 22.8 Å². The highest BCUT2D eigenvalue weighted by Crippen LogP contribution is 2.20. The van der Waals surface area contributed by atoms with E-state index in [1.807, 2.05) is 29.9 Å². The number of thiazole rings is 1. The highest BCUT2D eigenvalue weighted by molar-refractivity contribution is 7.07. The van der Waals surface area contributed by atoms with Crippen LogP contribution in [-0.4, -0.2) is 21.8 Å². The Balaban J connectivity index is 2.14. The quantitative estimate of drug-likeness (QED) is 0.846. The first-order chi connectivity index (χ1) is 7.16. The van der Waals surface area contributed by atoms with Crippen LogP contribution in [0.25, 0.3) is 0 Å². The highest BCUT2D eigenvalue weighted by Gasteiger charge is 2.10. The average molecular weight is 223 g/mol. The number of nitrogens with zero attached hydrogens (tertiary/aromatic N) is 4. The van der Waals surface area contributed by atoms with Crippen LogP contribution in [0, 0.1) is 0 Å². The first-order valence-corrected chi connectivity index (χ1v) is 5.48. The second-order valence-corrected chi connectivity index (χ2v) is 4.14. The third-order valence-electron chi connectivity index (χ3n) is 2.08. The molecular weight excluding hydrogens is 210 g/mol. The molecule has 0 aliphatic rings. The van der Waals surface area contributed by atoms with E-state index in [9.17, 15) is 0 Å². The zero-order valence-electron chi connectivity index (χ0n) is 8.71. The van der Waals surface area contributed by atoms with Crippen molar-refractivity contribution in [3.05, 3.63) is 22.8 Å². The summed E-state index contributed by atoms with van der Waals surface area (Å²) < 4.78 is 1.71. The molecule has 80 valence electrons. The van der Waals surface area contributed by atoms with Crippen LogP contribution in [0.15, 0.2) is 17.1 Å². The van der Waals surface area contributed by atoms with E-state index in [0.717, 1.165) is 18.1 Å². The molecule has 0 aromatic carbocycles. The summed E-state index contributed by atoms with van der Waals surface area (Å²) in [5.74, 6) is 0.797. The Bertz CT molecular complexity index is 433. The summed E-state index contributed by atoms with van der Waals surface area (Å²) in [7, 11) is 3.81. The number of aromatic nitrogens is 3. The topological polar surface area (TPSA) is 60.0 Å². The van der Waals surface area contributed by atoms with Gasteiger partial charge in [0, 0.05) is 25.7 Å². The monoisotopic (exact) mass is 223 g/mol. The molecule has 0 unspecified atom stereocenters. The van der Waals surface area contributed by atoms with Crippen LogP contribution in [0.3, 0.4) is 0 Å². The minimum absolute atomic E-state index is 0.690. The van der Waals surface area contributed by atoms with Gasteiger partial charge in [-0.15, -0.1) is 11.3 Å². The van der Waals surface area contributed by atoms with Gasteiger partial charge < -0.3 is 10.6 Å². The fraction of sp³-hybridized carbons (Fsp3) is 0.333. The van der Waals surface area contributed by atoms with Gasteiger partial charge in [-0.2, -0.15) is 5.10 Å². The van der Waals surface area contributed by atoms with Gasteiger partial charge in [0.05, 0.1) is 23.4 Å². The third kappa shape index (κ3) is 2.10. The number of nitrogen functional groups attached to an aromatic ring is 1. The molecule has 0 spiro atoms. The lowest BCUT2D eigenvalue weighted by atomic mass is 10.4. The predicted octanol–water partition coefficient (Wildman–Crippen LogP) is 1.10. The second kappa shape index (κ2) is 3.90. The fourth-order valence-corrected chi connectivity index (χ4v) is 1.97. The van der Waals surface area contributed by atoms with E-state index in [2.05, 4.69) is 10.1 Å². The minimum atomic E-state index is 0.690. The van der Waals surface area contributed by atoms with Crippen LogP contribution in [0.4, 0.5) is 11.5 Å². The van der Waals surface area contributed by atoms with E-state index in [4.69, 9.17) is 5.73 Å². The number of hydrogen-bond acceptors (Lipinski definition) is 5. The Hall–Kier alpha value is -1.56. The van der Waals surface area contributed by atoms with Gasteiger partial charge in [0.2, 0.25) is 0 Å². The second-order valence-electron chi connectivity index (χ2n) is 3.42. The number of hydrogen-bond donors (Lipinski definition) is 1. The Morgan fingerprint density at radius 1 is 1.60 bits per heavy atom. The number of rotatable bonds is 3. The molecule has 2 N–H and O–H groups in total. The van der Waals surface area contributed by atoms with Crippen molar-refractivity contribution in [1.29, 1.82) is 0 Å². The average Bonchev–Trinajstić information content (AvgIpc) is 2.75. The van der Waals surface area contributed by atoms with Crippen molar-refractivity contribution in [2.45, 2.75) is 6.54 Å². The van der Waals surface area contributed by atoms with Gasteiger partial charge in [-0.1, -0.05) is 0 Å². The molecule has 2 heterocycles. The minimum Gasteiger partial charge on any atom is -0.394 e. The first kappa shape index (κ1) is 9.97. The molecule has 6 heteroatoms. The fourth-order valence-electron chi connectivity index (χ4n) is 1.43. The summed E-state index contributed by atoms with van der Waals surface area (Å²) in [5.41, 5.74) is 9.38. The zero-order valence-corrected chi connectivity index (χ0v) is 9.53. The van der Waals surface area contributed by atoms with Crippen molar-refractivity contribution in [1.82, 2.24) is 14.8 Å². The largest absolute Gasteiger partial charge is 0.394 e. The number of aryl methyl sites for hydroxylation is 1. The number of anilines is 2. The summed E-state index contributed by atoms with van der Waals surface area (Å²) in [4.78, 5) is 6.21. The van der Waals surface area contributed by atoms with Gasteiger partial charge in [0.25, 0.3) is 0 Å². The van der Waals surface area contributed by atoms with E-state index in [1.165, 1.54) is 0 Å². The summed E-state index contributed by atoms with van der Waals surface area (Å²) in [6.45, 7) is 0.727. The molecule has 0 bridgehead atoms. The molecule has 0 aliphatic heterocycles. The van der Waals surface area contributed by atoms with Crippen molar-refractivity contribution in [2.75, 3.05) is 17.7 Å². The van der Waals surface area contributed by atoms with Gasteiger partial charge in [-0.25, -0.2) is 4.98 Å². The van der Waals surface area contributed by atoms with Crippen LogP contribution >= 0.6 is 11.3 Å². The van der Waals surface area contributed by atoms with Gasteiger partial charge in [-0.3, -0.25) is 4.68 Å². The molecular formula is C9H13N5S. The van der Waals surface area contributed by atoms with Crippen molar-refractivity contribution in [2.24, 2.45) is 7.05 Å². The molecule has 5 nitrogen and oxygen atoms in total. The molecule has 0 saturated heterocycles. The third-order valence-corrected chi connectivity index (χ3v) is 2.72. The first-order valence-electron chi connectivity index (χ1n) is 4.54. The summed E-state index contributed by atoms with van der Waals surface area (Å²) >= 11 is 1.59. The van der Waals surface area contributed by atoms with E-state index >= 15 is 0 Å². The molecule has 0 radical (unpaired) electrons. The lowest BCUT2D eigenvalue weighted by Gasteiger charge is -2.15. The molecule has 2 rings (SSSR count). The number of nitrogens with two attached hydrogens (primary N) is 1. The SMILES string of the molecule is CN(Cc1cscn1)c1nn(C)cc1N. The molecule has 2 aromatic rings. The van der Waals surface area contributed by atoms with E-state index in [-0.39, 0.29) is 0 Å². The normalized spacial score (nSPS) is 10.5. The van der Waals surface area contributed by atoms with Gasteiger partial charge in [-0.05, 0) is 0 Å². The van der Waals surface area contributed by atoms with Crippen LogP contribution < -0.4 is 10.6 Å². The van der Waals surface area contributed by atoms with Crippen LogP contribution in [-0.2, 0) is 13.6 Å². The van der Waals surface area contributed by atoms with Crippen LogP contribution in [0.2, 0.25) is 0 Å². The molecule has 2 aromatic heterocycles. The Labute approximate surface area is 92.2 Å². The van der Waals surface area contributed by atoms with E-state index < -0.39 is 0 Å². The van der Waals surface area contributed by atoms with Gasteiger partial charge in [0.1, 0.15) is 0 Å². The molecule has 0 saturated carbocycles. The van der Waals surface area contributed by atoms with E-state index in [0.29, 0.717) is 5.69 Å². The van der Waals surface area contributed by atoms with Gasteiger partial charge >= 0.3 is 0 Å². The van der Waals surface area contributed by atoms with E-state index in [1.54, 1.807) is 22.2 Å². The molecule has 0 aliphatic carbocycles. The Kier molecular flexibility index (Phi) is 2.59. The molecule has 0 fully saturated rings. The van der Waals surface area contributed by atoms with Crippen molar-refractivity contribution in [3.63, 3.8) is 0 Å². The summed E-state index contributed by atoms with van der Waals surface area (Å²) in [5, 5.41) is 6.31. The molecule has 0 atom stereocenters. The molecule has 0 amide bonds. The smallest absolute Gasteiger partial charge is 0.173 e. The lowest BCUT2D eigenvalue weighted by molar-refractivity contribution is 0.750. The van der Waals surface area contributed by atoms with Crippen LogP contribution in [0.1, 0.15) is 5.69 Å². The highest BCUT2D eigenvalue weighted by atomic mass is 32.1. The Morgan fingerprint density at radius 2 is 2.40 bits per heavy atom. The Morgan fingerprint density at radius 3 is 2.93 bits per heavy atom. The standard InChI is InChI=1S/C9H13N5S/c1-13(3-7-5-15-6-11-7)9-8(10)4-14(2)12-9/h4-6H,3,10H2,1-2H3. The lowest BCUT2D eigenvalue weighted by Crippen LogP contribution is -2.18. The summed E-state index contributed by atoms with van der Waals surface area (Å²) in [6.07, 6.45) is 1.80. The summed E-state index contributed by atoms with van der Waals surface area (Å²) in [6, 6.07) is 0. The molecule has 15 heavy (non-hydrogen) atoms. The van der Waals surface area contributed by atoms with Crippen LogP contribution in [0.5, 0.6) is 0 Å². The predicted molar refractivity (Wildman–Crippen MR) is 61.8 cm³/mol. The maximum atomic E-state index is 5.83. The zero-order chi connectivity index (χ0) is 10.8.